The Kier molecular flexibility index (Phi) is 4.44. The van der Waals surface area contributed by atoms with Crippen LogP contribution in [0.3, 0.4) is 0 Å². The summed E-state index contributed by atoms with van der Waals surface area (Å²) in [4.78, 5) is 0. The first-order chi connectivity index (χ1) is 8.52. The van der Waals surface area contributed by atoms with E-state index in [2.05, 4.69) is 22.9 Å². The molecule has 0 bridgehead atoms. The maximum absolute atomic E-state index is 13.2. The monoisotopic (exact) mass is 314 g/mol. The zero-order valence-electron chi connectivity index (χ0n) is 10.8. The number of hydrogen-bond donors (Lipinski definition) is 1. The highest BCUT2D eigenvalue weighted by Crippen LogP contribution is 2.37. The second kappa shape index (κ2) is 5.70. The van der Waals surface area contributed by atoms with Gasteiger partial charge in [-0.2, -0.15) is 0 Å². The van der Waals surface area contributed by atoms with Crippen molar-refractivity contribution in [3.05, 3.63) is 34.1 Å². The maximum atomic E-state index is 13.2. The lowest BCUT2D eigenvalue weighted by molar-refractivity contribution is -0.00938. The first-order valence-electron chi connectivity index (χ1n) is 6.69. The van der Waals surface area contributed by atoms with Crippen LogP contribution in [0, 0.1) is 11.7 Å². The van der Waals surface area contributed by atoms with Gasteiger partial charge in [-0.05, 0) is 55.4 Å². The molecule has 0 spiro atoms. The van der Waals surface area contributed by atoms with E-state index in [9.17, 15) is 9.50 Å². The Hall–Kier alpha value is -0.410. The van der Waals surface area contributed by atoms with E-state index in [-0.39, 0.29) is 5.82 Å². The largest absolute Gasteiger partial charge is 0.390 e. The van der Waals surface area contributed by atoms with E-state index in [0.29, 0.717) is 6.42 Å². The van der Waals surface area contributed by atoms with E-state index in [1.165, 1.54) is 18.6 Å². The van der Waals surface area contributed by atoms with Gasteiger partial charge in [0.2, 0.25) is 0 Å². The number of benzene rings is 1. The quantitative estimate of drug-likeness (QED) is 0.873. The fourth-order valence-corrected chi connectivity index (χ4v) is 3.22. The molecule has 1 aliphatic carbocycles. The molecular weight excluding hydrogens is 295 g/mol. The Morgan fingerprint density at radius 3 is 2.67 bits per heavy atom. The van der Waals surface area contributed by atoms with Crippen LogP contribution < -0.4 is 0 Å². The third-order valence-electron chi connectivity index (χ3n) is 4.14. The second-order valence-electron chi connectivity index (χ2n) is 5.49. The van der Waals surface area contributed by atoms with Crippen LogP contribution in [0.4, 0.5) is 4.39 Å². The van der Waals surface area contributed by atoms with E-state index < -0.39 is 5.60 Å². The second-order valence-corrected chi connectivity index (χ2v) is 6.34. The molecule has 0 saturated heterocycles. The lowest BCUT2D eigenvalue weighted by atomic mass is 9.75. The molecule has 100 valence electrons. The average Bonchev–Trinajstić information content (AvgIpc) is 2.35. The van der Waals surface area contributed by atoms with Gasteiger partial charge in [-0.25, -0.2) is 4.39 Å². The third-order valence-corrected chi connectivity index (χ3v) is 4.91. The smallest absolute Gasteiger partial charge is 0.123 e. The molecule has 0 unspecified atom stereocenters. The van der Waals surface area contributed by atoms with Crippen LogP contribution in [0.25, 0.3) is 0 Å². The van der Waals surface area contributed by atoms with E-state index in [1.807, 2.05) is 0 Å². The van der Waals surface area contributed by atoms with Crippen LogP contribution in [0.2, 0.25) is 0 Å². The molecule has 0 radical (unpaired) electrons. The molecule has 1 aromatic rings. The van der Waals surface area contributed by atoms with E-state index >= 15 is 0 Å². The molecule has 1 N–H and O–H groups in total. The van der Waals surface area contributed by atoms with Crippen molar-refractivity contribution in [1.82, 2.24) is 0 Å². The van der Waals surface area contributed by atoms with Gasteiger partial charge in [0.25, 0.3) is 0 Å². The van der Waals surface area contributed by atoms with Gasteiger partial charge < -0.3 is 5.11 Å². The topological polar surface area (TPSA) is 20.2 Å². The maximum Gasteiger partial charge on any atom is 0.123 e. The summed E-state index contributed by atoms with van der Waals surface area (Å²) in [6, 6.07) is 4.67. The van der Waals surface area contributed by atoms with Gasteiger partial charge in [-0.3, -0.25) is 0 Å². The van der Waals surface area contributed by atoms with Crippen molar-refractivity contribution in [2.45, 2.75) is 51.0 Å². The molecule has 1 saturated carbocycles. The van der Waals surface area contributed by atoms with E-state index in [4.69, 9.17) is 0 Å². The molecule has 0 heterocycles. The minimum Gasteiger partial charge on any atom is -0.390 e. The highest BCUT2D eigenvalue weighted by molar-refractivity contribution is 9.10. The predicted molar refractivity (Wildman–Crippen MR) is 75.0 cm³/mol. The molecule has 0 amide bonds. The molecule has 0 atom stereocenters. The zero-order valence-corrected chi connectivity index (χ0v) is 12.3. The summed E-state index contributed by atoms with van der Waals surface area (Å²) in [5.41, 5.74) is 0.217. The summed E-state index contributed by atoms with van der Waals surface area (Å²) in [7, 11) is 0. The number of aliphatic hydroxyl groups is 1. The molecule has 1 nitrogen and oxygen atoms in total. The van der Waals surface area contributed by atoms with Crippen molar-refractivity contribution in [3.63, 3.8) is 0 Å². The van der Waals surface area contributed by atoms with Gasteiger partial charge >= 0.3 is 0 Å². The summed E-state index contributed by atoms with van der Waals surface area (Å²) >= 11 is 3.43. The van der Waals surface area contributed by atoms with Crippen molar-refractivity contribution in [2.24, 2.45) is 5.92 Å². The van der Waals surface area contributed by atoms with Gasteiger partial charge in [0, 0.05) is 10.9 Å². The highest BCUT2D eigenvalue weighted by Gasteiger charge is 2.33. The molecule has 3 heteroatoms. The number of hydrogen-bond acceptors (Lipinski definition) is 1. The number of halogens is 2. The molecular formula is C15H20BrFO. The Morgan fingerprint density at radius 1 is 1.39 bits per heavy atom. The SMILES string of the molecule is CCC1CCC(O)(Cc2cc(F)ccc2Br)CC1. The molecule has 0 aromatic heterocycles. The zero-order chi connectivity index (χ0) is 13.2. The Morgan fingerprint density at radius 2 is 2.06 bits per heavy atom. The highest BCUT2D eigenvalue weighted by atomic mass is 79.9. The normalized spacial score (nSPS) is 28.3. The standard InChI is InChI=1S/C15H20BrFO/c1-2-11-5-7-15(18,8-6-11)10-12-9-13(17)3-4-14(12)16/h3-4,9,11,18H,2,5-8,10H2,1H3. The summed E-state index contributed by atoms with van der Waals surface area (Å²) in [6.07, 6.45) is 5.56. The first-order valence-corrected chi connectivity index (χ1v) is 7.48. The van der Waals surface area contributed by atoms with Gasteiger partial charge in [-0.1, -0.05) is 29.3 Å². The summed E-state index contributed by atoms with van der Waals surface area (Å²) in [5, 5.41) is 10.6. The van der Waals surface area contributed by atoms with Crippen molar-refractivity contribution < 1.29 is 9.50 Å². The van der Waals surface area contributed by atoms with Crippen LogP contribution >= 0.6 is 15.9 Å². The van der Waals surface area contributed by atoms with Crippen molar-refractivity contribution in [2.75, 3.05) is 0 Å². The molecule has 1 aliphatic rings. The molecule has 1 fully saturated rings. The first kappa shape index (κ1) is 14.0. The lowest BCUT2D eigenvalue weighted by Crippen LogP contribution is -2.36. The van der Waals surface area contributed by atoms with Gasteiger partial charge in [-0.15, -0.1) is 0 Å². The minimum absolute atomic E-state index is 0.237. The fourth-order valence-electron chi connectivity index (χ4n) is 2.83. The molecule has 1 aromatic carbocycles. The average molecular weight is 315 g/mol. The molecule has 2 rings (SSSR count). The van der Waals surface area contributed by atoms with Crippen LogP contribution in [0.5, 0.6) is 0 Å². The number of rotatable bonds is 3. The van der Waals surface area contributed by atoms with Crippen molar-refractivity contribution >= 4 is 15.9 Å². The van der Waals surface area contributed by atoms with Crippen LogP contribution in [0.1, 0.15) is 44.6 Å². The Bertz CT molecular complexity index is 411. The van der Waals surface area contributed by atoms with E-state index in [0.717, 1.165) is 41.6 Å². The third kappa shape index (κ3) is 3.33. The Balaban J connectivity index is 2.06. The summed E-state index contributed by atoms with van der Waals surface area (Å²) in [6.45, 7) is 2.21. The van der Waals surface area contributed by atoms with Crippen molar-refractivity contribution in [1.29, 1.82) is 0 Å². The van der Waals surface area contributed by atoms with Crippen LogP contribution in [0.15, 0.2) is 22.7 Å². The lowest BCUT2D eigenvalue weighted by Gasteiger charge is -2.36. The van der Waals surface area contributed by atoms with Crippen molar-refractivity contribution in [3.8, 4) is 0 Å². The summed E-state index contributed by atoms with van der Waals surface area (Å²) < 4.78 is 14.1. The van der Waals surface area contributed by atoms with Crippen LogP contribution in [-0.4, -0.2) is 10.7 Å². The van der Waals surface area contributed by atoms with Gasteiger partial charge in [0.05, 0.1) is 5.60 Å². The Labute approximate surface area is 117 Å². The molecule has 0 aliphatic heterocycles. The predicted octanol–water partition coefficient (Wildman–Crippen LogP) is 4.46. The minimum atomic E-state index is -0.651. The summed E-state index contributed by atoms with van der Waals surface area (Å²) in [5.74, 6) is 0.514. The fraction of sp³-hybridized carbons (Fsp3) is 0.600. The van der Waals surface area contributed by atoms with E-state index in [1.54, 1.807) is 6.07 Å². The van der Waals surface area contributed by atoms with Gasteiger partial charge in [0.1, 0.15) is 5.82 Å². The van der Waals surface area contributed by atoms with Crippen LogP contribution in [-0.2, 0) is 6.42 Å². The van der Waals surface area contributed by atoms with Gasteiger partial charge in [0.15, 0.2) is 0 Å². The molecule has 18 heavy (non-hydrogen) atoms.